The Kier molecular flexibility index (Phi) is 3.26. The van der Waals surface area contributed by atoms with Gasteiger partial charge in [0.1, 0.15) is 0 Å². The Morgan fingerprint density at radius 3 is 2.80 bits per heavy atom. The summed E-state index contributed by atoms with van der Waals surface area (Å²) in [7, 11) is 3.67. The second-order valence-corrected chi connectivity index (χ2v) is 4.69. The van der Waals surface area contributed by atoms with Gasteiger partial charge in [-0.25, -0.2) is 0 Å². The van der Waals surface area contributed by atoms with Crippen LogP contribution in [0.25, 0.3) is 0 Å². The SMILES string of the molecule is CN(C)C(=O)[C@@H]1CCCCN1C[C@H]1CO1. The highest BCUT2D eigenvalue weighted by molar-refractivity contribution is 5.81. The molecule has 2 rings (SSSR count). The summed E-state index contributed by atoms with van der Waals surface area (Å²) >= 11 is 0. The lowest BCUT2D eigenvalue weighted by molar-refractivity contribution is -0.135. The van der Waals surface area contributed by atoms with Gasteiger partial charge in [0.2, 0.25) is 5.91 Å². The summed E-state index contributed by atoms with van der Waals surface area (Å²) < 4.78 is 5.23. The standard InChI is InChI=1S/C11H20N2O2/c1-12(2)11(14)10-5-3-4-6-13(10)7-9-8-15-9/h9-10H,3-8H2,1-2H3/t9-,10-/m0/s1. The topological polar surface area (TPSA) is 36.1 Å². The predicted octanol–water partition coefficient (Wildman–Crippen LogP) is 0.328. The number of carbonyl (C=O) groups is 1. The Morgan fingerprint density at radius 2 is 2.20 bits per heavy atom. The van der Waals surface area contributed by atoms with Crippen molar-refractivity contribution in [3.05, 3.63) is 0 Å². The molecule has 2 aliphatic heterocycles. The third-order valence-electron chi connectivity index (χ3n) is 3.18. The average molecular weight is 212 g/mol. The number of carbonyl (C=O) groups excluding carboxylic acids is 1. The molecule has 1 amide bonds. The van der Waals surface area contributed by atoms with Crippen LogP contribution in [0.3, 0.4) is 0 Å². The third-order valence-corrected chi connectivity index (χ3v) is 3.18. The molecule has 0 aliphatic carbocycles. The highest BCUT2D eigenvalue weighted by atomic mass is 16.6. The molecular formula is C11H20N2O2. The van der Waals surface area contributed by atoms with Crippen molar-refractivity contribution in [2.75, 3.05) is 33.8 Å². The molecule has 2 heterocycles. The van der Waals surface area contributed by atoms with Crippen LogP contribution in [-0.2, 0) is 9.53 Å². The number of epoxide rings is 1. The van der Waals surface area contributed by atoms with Gasteiger partial charge < -0.3 is 9.64 Å². The van der Waals surface area contributed by atoms with E-state index in [0.29, 0.717) is 6.10 Å². The van der Waals surface area contributed by atoms with E-state index in [2.05, 4.69) is 4.90 Å². The Hall–Kier alpha value is -0.610. The number of rotatable bonds is 3. The highest BCUT2D eigenvalue weighted by Crippen LogP contribution is 2.21. The molecule has 4 nitrogen and oxygen atoms in total. The minimum absolute atomic E-state index is 0.0953. The molecule has 0 N–H and O–H groups in total. The normalized spacial score (nSPS) is 31.3. The second kappa shape index (κ2) is 4.49. The maximum Gasteiger partial charge on any atom is 0.239 e. The van der Waals surface area contributed by atoms with Gasteiger partial charge in [-0.15, -0.1) is 0 Å². The van der Waals surface area contributed by atoms with E-state index in [0.717, 1.165) is 26.1 Å². The molecule has 2 atom stereocenters. The summed E-state index contributed by atoms with van der Waals surface area (Å²) in [6, 6.07) is 0.0953. The molecule has 0 aromatic heterocycles. The van der Waals surface area contributed by atoms with Gasteiger partial charge in [-0.05, 0) is 19.4 Å². The second-order valence-electron chi connectivity index (χ2n) is 4.69. The van der Waals surface area contributed by atoms with E-state index in [-0.39, 0.29) is 11.9 Å². The van der Waals surface area contributed by atoms with Gasteiger partial charge in [-0.1, -0.05) is 6.42 Å². The molecule has 0 radical (unpaired) electrons. The zero-order valence-corrected chi connectivity index (χ0v) is 9.61. The fraction of sp³-hybridized carbons (Fsp3) is 0.909. The summed E-state index contributed by atoms with van der Waals surface area (Å²) in [6.45, 7) is 2.85. The summed E-state index contributed by atoms with van der Waals surface area (Å²) in [4.78, 5) is 16.0. The summed E-state index contributed by atoms with van der Waals surface area (Å²) in [5.41, 5.74) is 0. The third kappa shape index (κ3) is 2.69. The van der Waals surface area contributed by atoms with Crippen LogP contribution in [0.15, 0.2) is 0 Å². The molecule has 0 aromatic rings. The zero-order valence-electron chi connectivity index (χ0n) is 9.61. The van der Waals surface area contributed by atoms with E-state index < -0.39 is 0 Å². The molecular weight excluding hydrogens is 192 g/mol. The molecule has 2 fully saturated rings. The molecule has 0 saturated carbocycles. The van der Waals surface area contributed by atoms with Gasteiger partial charge in [-0.2, -0.15) is 0 Å². The first-order chi connectivity index (χ1) is 7.18. The number of ether oxygens (including phenoxy) is 1. The lowest BCUT2D eigenvalue weighted by Gasteiger charge is -2.35. The van der Waals surface area contributed by atoms with Crippen LogP contribution in [0.1, 0.15) is 19.3 Å². The average Bonchev–Trinajstić information content (AvgIpc) is 3.01. The Bertz CT molecular complexity index is 239. The summed E-state index contributed by atoms with van der Waals surface area (Å²) in [5.74, 6) is 0.246. The van der Waals surface area contributed by atoms with Crippen molar-refractivity contribution in [3.63, 3.8) is 0 Å². The monoisotopic (exact) mass is 212 g/mol. The number of nitrogens with zero attached hydrogens (tertiary/aromatic N) is 2. The number of hydrogen-bond donors (Lipinski definition) is 0. The number of hydrogen-bond acceptors (Lipinski definition) is 3. The maximum atomic E-state index is 12.0. The van der Waals surface area contributed by atoms with E-state index >= 15 is 0 Å². The summed E-state index contributed by atoms with van der Waals surface area (Å²) in [6.07, 6.45) is 3.78. The minimum Gasteiger partial charge on any atom is -0.372 e. The molecule has 0 unspecified atom stereocenters. The van der Waals surface area contributed by atoms with E-state index in [1.165, 1.54) is 12.8 Å². The first kappa shape index (κ1) is 10.9. The molecule has 15 heavy (non-hydrogen) atoms. The van der Waals surface area contributed by atoms with Crippen molar-refractivity contribution in [2.45, 2.75) is 31.4 Å². The van der Waals surface area contributed by atoms with Gasteiger partial charge in [0.05, 0.1) is 18.8 Å². The minimum atomic E-state index is 0.0953. The molecule has 0 bridgehead atoms. The number of likely N-dealkylation sites (N-methyl/N-ethyl adjacent to an activating group) is 1. The number of likely N-dealkylation sites (tertiary alicyclic amines) is 1. The zero-order chi connectivity index (χ0) is 10.8. The molecule has 4 heteroatoms. The molecule has 2 aliphatic rings. The smallest absolute Gasteiger partial charge is 0.239 e. The van der Waals surface area contributed by atoms with Gasteiger partial charge in [0, 0.05) is 20.6 Å². The quantitative estimate of drug-likeness (QED) is 0.632. The van der Waals surface area contributed by atoms with Crippen LogP contribution < -0.4 is 0 Å². The Labute approximate surface area is 91.2 Å². The van der Waals surface area contributed by atoms with Crippen molar-refractivity contribution >= 4 is 5.91 Å². The van der Waals surface area contributed by atoms with Crippen LogP contribution in [0.2, 0.25) is 0 Å². The van der Waals surface area contributed by atoms with Gasteiger partial charge in [0.15, 0.2) is 0 Å². The van der Waals surface area contributed by atoms with E-state index in [1.807, 2.05) is 14.1 Å². The predicted molar refractivity (Wildman–Crippen MR) is 57.6 cm³/mol. The van der Waals surface area contributed by atoms with Crippen molar-refractivity contribution in [1.29, 1.82) is 0 Å². The molecule has 2 saturated heterocycles. The van der Waals surface area contributed by atoms with Crippen LogP contribution in [-0.4, -0.2) is 61.6 Å². The maximum absolute atomic E-state index is 12.0. The van der Waals surface area contributed by atoms with Crippen molar-refractivity contribution < 1.29 is 9.53 Å². The number of piperidine rings is 1. The van der Waals surface area contributed by atoms with E-state index in [9.17, 15) is 4.79 Å². The van der Waals surface area contributed by atoms with Crippen molar-refractivity contribution in [1.82, 2.24) is 9.80 Å². The van der Waals surface area contributed by atoms with Gasteiger partial charge >= 0.3 is 0 Å². The van der Waals surface area contributed by atoms with Crippen LogP contribution >= 0.6 is 0 Å². The van der Waals surface area contributed by atoms with Crippen molar-refractivity contribution in [3.8, 4) is 0 Å². The van der Waals surface area contributed by atoms with Gasteiger partial charge in [0.25, 0.3) is 0 Å². The van der Waals surface area contributed by atoms with Crippen LogP contribution in [0, 0.1) is 0 Å². The highest BCUT2D eigenvalue weighted by Gasteiger charge is 2.34. The van der Waals surface area contributed by atoms with Gasteiger partial charge in [-0.3, -0.25) is 9.69 Å². The lowest BCUT2D eigenvalue weighted by Crippen LogP contribution is -2.50. The Balaban J connectivity index is 1.94. The molecule has 0 aromatic carbocycles. The number of amides is 1. The first-order valence-electron chi connectivity index (χ1n) is 5.75. The fourth-order valence-corrected chi connectivity index (χ4v) is 2.22. The van der Waals surface area contributed by atoms with Crippen LogP contribution in [0.5, 0.6) is 0 Å². The van der Waals surface area contributed by atoms with Crippen LogP contribution in [0.4, 0.5) is 0 Å². The first-order valence-corrected chi connectivity index (χ1v) is 5.75. The van der Waals surface area contributed by atoms with Crippen molar-refractivity contribution in [2.24, 2.45) is 0 Å². The van der Waals surface area contributed by atoms with E-state index in [4.69, 9.17) is 4.74 Å². The fourth-order valence-electron chi connectivity index (χ4n) is 2.22. The molecule has 0 spiro atoms. The van der Waals surface area contributed by atoms with E-state index in [1.54, 1.807) is 4.90 Å². The molecule has 86 valence electrons. The largest absolute Gasteiger partial charge is 0.372 e. The summed E-state index contributed by atoms with van der Waals surface area (Å²) in [5, 5.41) is 0. The lowest BCUT2D eigenvalue weighted by atomic mass is 10.0. The Morgan fingerprint density at radius 1 is 1.47 bits per heavy atom.